The van der Waals surface area contributed by atoms with Crippen molar-refractivity contribution in [3.63, 3.8) is 0 Å². The third-order valence-electron chi connectivity index (χ3n) is 3.61. The molecule has 0 atom stereocenters. The van der Waals surface area contributed by atoms with E-state index in [9.17, 15) is 13.2 Å². The third kappa shape index (κ3) is 5.87. The molecule has 0 N–H and O–H groups in total. The Bertz CT molecular complexity index is 664. The van der Waals surface area contributed by atoms with E-state index in [1.54, 1.807) is 24.1 Å². The number of hydrogen-bond donors (Lipinski definition) is 0. The first-order chi connectivity index (χ1) is 11.2. The van der Waals surface area contributed by atoms with Crippen LogP contribution < -0.4 is 9.04 Å². The predicted molar refractivity (Wildman–Crippen MR) is 97.4 cm³/mol. The van der Waals surface area contributed by atoms with Gasteiger partial charge in [-0.2, -0.15) is 0 Å². The molecule has 0 saturated carbocycles. The van der Waals surface area contributed by atoms with Crippen LogP contribution in [0.15, 0.2) is 18.2 Å². The molecule has 1 rings (SSSR count). The van der Waals surface area contributed by atoms with Crippen molar-refractivity contribution in [3.8, 4) is 5.75 Å². The normalized spacial score (nSPS) is 11.2. The summed E-state index contributed by atoms with van der Waals surface area (Å²) in [6.07, 6.45) is 3.09. The van der Waals surface area contributed by atoms with Crippen LogP contribution in [0.25, 0.3) is 0 Å². The minimum atomic E-state index is -3.58. The second-order valence-corrected chi connectivity index (χ2v) is 7.91. The van der Waals surface area contributed by atoms with Crippen LogP contribution in [0.5, 0.6) is 5.75 Å². The molecule has 0 aromatic heterocycles. The molecule has 0 heterocycles. The highest BCUT2D eigenvalue weighted by atomic mass is 35.5. The molecule has 1 amide bonds. The van der Waals surface area contributed by atoms with Gasteiger partial charge in [-0.05, 0) is 24.6 Å². The maximum Gasteiger partial charge on any atom is 0.232 e. The average molecular weight is 377 g/mol. The van der Waals surface area contributed by atoms with Crippen molar-refractivity contribution in [1.82, 2.24) is 4.90 Å². The van der Waals surface area contributed by atoms with E-state index in [1.807, 2.05) is 0 Å². The van der Waals surface area contributed by atoms with Gasteiger partial charge in [0.15, 0.2) is 0 Å². The number of ether oxygens (including phenoxy) is 1. The zero-order valence-electron chi connectivity index (χ0n) is 14.6. The lowest BCUT2D eigenvalue weighted by Gasteiger charge is -2.25. The highest BCUT2D eigenvalue weighted by molar-refractivity contribution is 7.92. The Morgan fingerprint density at radius 1 is 1.29 bits per heavy atom. The predicted octanol–water partition coefficient (Wildman–Crippen LogP) is 2.76. The molecule has 0 spiro atoms. The minimum Gasteiger partial charge on any atom is -0.495 e. The highest BCUT2D eigenvalue weighted by Gasteiger charge is 2.23. The number of carbonyl (C=O) groups excluding carboxylic acids is 1. The van der Waals surface area contributed by atoms with Gasteiger partial charge in [0.1, 0.15) is 5.75 Å². The van der Waals surface area contributed by atoms with Crippen molar-refractivity contribution in [1.29, 1.82) is 0 Å². The summed E-state index contributed by atoms with van der Waals surface area (Å²) in [4.78, 5) is 13.8. The van der Waals surface area contributed by atoms with Gasteiger partial charge in [0, 0.05) is 31.6 Å². The molecule has 24 heavy (non-hydrogen) atoms. The number of carbonyl (C=O) groups is 1. The third-order valence-corrected chi connectivity index (χ3v) is 5.03. The molecule has 136 valence electrons. The molecule has 0 fully saturated rings. The number of benzene rings is 1. The number of amides is 1. The van der Waals surface area contributed by atoms with Crippen LogP contribution in [0.1, 0.15) is 26.2 Å². The topological polar surface area (TPSA) is 66.9 Å². The lowest BCUT2D eigenvalue weighted by molar-refractivity contribution is -0.129. The van der Waals surface area contributed by atoms with Gasteiger partial charge in [-0.25, -0.2) is 8.42 Å². The fourth-order valence-electron chi connectivity index (χ4n) is 2.23. The second kappa shape index (κ2) is 9.13. The van der Waals surface area contributed by atoms with Crippen LogP contribution in [0, 0.1) is 0 Å². The SMILES string of the molecule is CCCCN(C)C(=O)CCN(c1cc(Cl)ccc1OC)S(C)(=O)=O. The summed E-state index contributed by atoms with van der Waals surface area (Å²) in [6.45, 7) is 2.74. The number of halogens is 1. The van der Waals surface area contributed by atoms with Gasteiger partial charge in [-0.15, -0.1) is 0 Å². The summed E-state index contributed by atoms with van der Waals surface area (Å²) in [5.41, 5.74) is 0.330. The Balaban J connectivity index is 2.97. The summed E-state index contributed by atoms with van der Waals surface area (Å²) < 4.78 is 30.7. The molecule has 0 saturated heterocycles. The van der Waals surface area contributed by atoms with Crippen molar-refractivity contribution in [2.24, 2.45) is 0 Å². The molecule has 0 bridgehead atoms. The van der Waals surface area contributed by atoms with E-state index in [2.05, 4.69) is 6.92 Å². The van der Waals surface area contributed by atoms with E-state index in [4.69, 9.17) is 16.3 Å². The van der Waals surface area contributed by atoms with E-state index in [1.165, 1.54) is 13.2 Å². The quantitative estimate of drug-likeness (QED) is 0.664. The maximum atomic E-state index is 12.2. The molecule has 0 aliphatic carbocycles. The number of anilines is 1. The van der Waals surface area contributed by atoms with Gasteiger partial charge < -0.3 is 9.64 Å². The maximum absolute atomic E-state index is 12.2. The number of hydrogen-bond acceptors (Lipinski definition) is 4. The number of unbranched alkanes of at least 4 members (excludes halogenated alkanes) is 1. The van der Waals surface area contributed by atoms with Crippen LogP contribution in [-0.4, -0.2) is 52.7 Å². The molecule has 1 aromatic rings. The standard InChI is InChI=1S/C16H25ClN2O4S/c1-5-6-10-18(2)16(20)9-11-19(24(4,21)22)14-12-13(17)7-8-15(14)23-3/h7-8,12H,5-6,9-11H2,1-4H3. The van der Waals surface area contributed by atoms with E-state index in [0.29, 0.717) is 23.0 Å². The number of nitrogens with zero attached hydrogens (tertiary/aromatic N) is 2. The van der Waals surface area contributed by atoms with Crippen molar-refractivity contribution in [2.75, 3.05) is 37.8 Å². The summed E-state index contributed by atoms with van der Waals surface area (Å²) in [5, 5.41) is 0.394. The van der Waals surface area contributed by atoms with Gasteiger partial charge >= 0.3 is 0 Å². The number of sulfonamides is 1. The lowest BCUT2D eigenvalue weighted by atomic mass is 10.2. The summed E-state index contributed by atoms with van der Waals surface area (Å²) in [6, 6.07) is 4.74. The van der Waals surface area contributed by atoms with Crippen molar-refractivity contribution in [3.05, 3.63) is 23.2 Å². The first-order valence-corrected chi connectivity index (χ1v) is 9.98. The monoisotopic (exact) mass is 376 g/mol. The molecular formula is C16H25ClN2O4S. The van der Waals surface area contributed by atoms with E-state index in [0.717, 1.165) is 23.4 Å². The van der Waals surface area contributed by atoms with Gasteiger partial charge in [0.05, 0.1) is 19.1 Å². The van der Waals surface area contributed by atoms with Crippen molar-refractivity contribution in [2.45, 2.75) is 26.2 Å². The van der Waals surface area contributed by atoms with Crippen LogP contribution in [0.2, 0.25) is 5.02 Å². The number of rotatable bonds is 9. The van der Waals surface area contributed by atoms with Crippen LogP contribution in [0.4, 0.5) is 5.69 Å². The molecule has 1 aromatic carbocycles. The van der Waals surface area contributed by atoms with Crippen LogP contribution in [-0.2, 0) is 14.8 Å². The average Bonchev–Trinajstić information content (AvgIpc) is 2.51. The van der Waals surface area contributed by atoms with Crippen molar-refractivity contribution < 1.29 is 17.9 Å². The number of methoxy groups -OCH3 is 1. The fraction of sp³-hybridized carbons (Fsp3) is 0.562. The fourth-order valence-corrected chi connectivity index (χ4v) is 3.32. The van der Waals surface area contributed by atoms with Crippen molar-refractivity contribution >= 4 is 33.2 Å². The zero-order chi connectivity index (χ0) is 18.3. The zero-order valence-corrected chi connectivity index (χ0v) is 16.2. The molecular weight excluding hydrogens is 352 g/mol. The molecule has 0 unspecified atom stereocenters. The van der Waals surface area contributed by atoms with E-state index in [-0.39, 0.29) is 18.9 Å². The molecule has 0 radical (unpaired) electrons. The molecule has 8 heteroatoms. The smallest absolute Gasteiger partial charge is 0.232 e. The highest BCUT2D eigenvalue weighted by Crippen LogP contribution is 2.32. The van der Waals surface area contributed by atoms with Gasteiger partial charge in [-0.3, -0.25) is 9.10 Å². The van der Waals surface area contributed by atoms with Crippen LogP contribution in [0.3, 0.4) is 0 Å². The molecule has 0 aliphatic rings. The largest absolute Gasteiger partial charge is 0.495 e. The van der Waals surface area contributed by atoms with Crippen LogP contribution >= 0.6 is 11.6 Å². The van der Waals surface area contributed by atoms with E-state index < -0.39 is 10.0 Å². The molecule has 0 aliphatic heterocycles. The van der Waals surface area contributed by atoms with Gasteiger partial charge in [0.25, 0.3) is 0 Å². The summed E-state index contributed by atoms with van der Waals surface area (Å²) >= 11 is 5.99. The first-order valence-electron chi connectivity index (χ1n) is 7.76. The van der Waals surface area contributed by atoms with Gasteiger partial charge in [-0.1, -0.05) is 24.9 Å². The Kier molecular flexibility index (Phi) is 7.83. The second-order valence-electron chi connectivity index (χ2n) is 5.57. The Morgan fingerprint density at radius 2 is 1.96 bits per heavy atom. The lowest BCUT2D eigenvalue weighted by Crippen LogP contribution is -2.35. The molecule has 6 nitrogen and oxygen atoms in total. The first kappa shape index (κ1) is 20.6. The summed E-state index contributed by atoms with van der Waals surface area (Å²) in [5.74, 6) is 0.287. The Labute approximate surface area is 149 Å². The minimum absolute atomic E-state index is 0.0326. The van der Waals surface area contributed by atoms with E-state index >= 15 is 0 Å². The summed E-state index contributed by atoms with van der Waals surface area (Å²) in [7, 11) is -0.401. The van der Waals surface area contributed by atoms with Gasteiger partial charge in [0.2, 0.25) is 15.9 Å². The Hall–Kier alpha value is -1.47. The Morgan fingerprint density at radius 3 is 2.50 bits per heavy atom.